The molecule has 0 spiro atoms. The number of hydrogen-bond acceptors (Lipinski definition) is 6. The number of aromatic amines is 1. The van der Waals surface area contributed by atoms with Gasteiger partial charge in [0, 0.05) is 30.2 Å². The number of aromatic nitrogens is 3. The molecule has 0 bridgehead atoms. The molecule has 0 aliphatic carbocycles. The minimum Gasteiger partial charge on any atom is -0.332 e. The van der Waals surface area contributed by atoms with Gasteiger partial charge in [-0.3, -0.25) is 9.89 Å². The van der Waals surface area contributed by atoms with Gasteiger partial charge in [0.25, 0.3) is 5.91 Å². The van der Waals surface area contributed by atoms with Crippen LogP contribution in [-0.4, -0.2) is 84.0 Å². The third kappa shape index (κ3) is 3.82. The van der Waals surface area contributed by atoms with Crippen molar-refractivity contribution in [3.05, 3.63) is 23.7 Å². The molecule has 1 N–H and O–H groups in total. The molecule has 136 valence electrons. The molecule has 1 unspecified atom stereocenters. The predicted octanol–water partition coefficient (Wildman–Crippen LogP) is 0.457. The molecule has 1 fully saturated rings. The zero-order valence-corrected chi connectivity index (χ0v) is 15.5. The van der Waals surface area contributed by atoms with Crippen LogP contribution in [-0.2, 0) is 9.84 Å². The summed E-state index contributed by atoms with van der Waals surface area (Å²) >= 11 is 0. The number of pyridine rings is 1. The predicted molar refractivity (Wildman–Crippen MR) is 95.3 cm³/mol. The van der Waals surface area contributed by atoms with Crippen LogP contribution in [0.4, 0.5) is 0 Å². The van der Waals surface area contributed by atoms with E-state index in [1.165, 1.54) is 0 Å². The molecule has 2 aromatic heterocycles. The first kappa shape index (κ1) is 17.8. The molecule has 2 aromatic rings. The molecule has 25 heavy (non-hydrogen) atoms. The lowest BCUT2D eigenvalue weighted by atomic mass is 10.1. The molecule has 8 nitrogen and oxygen atoms in total. The number of H-pyrrole nitrogens is 1. The fraction of sp³-hybridized carbons (Fsp3) is 0.562. The van der Waals surface area contributed by atoms with E-state index in [9.17, 15) is 13.2 Å². The van der Waals surface area contributed by atoms with Gasteiger partial charge in [0.2, 0.25) is 0 Å². The quantitative estimate of drug-likeness (QED) is 0.826. The van der Waals surface area contributed by atoms with Crippen LogP contribution in [0.3, 0.4) is 0 Å². The fourth-order valence-electron chi connectivity index (χ4n) is 3.08. The largest absolute Gasteiger partial charge is 0.332 e. The highest BCUT2D eigenvalue weighted by Gasteiger charge is 2.35. The number of hydrogen-bond donors (Lipinski definition) is 1. The summed E-state index contributed by atoms with van der Waals surface area (Å²) in [7, 11) is 0.778. The molecule has 1 atom stereocenters. The molecule has 0 radical (unpaired) electrons. The molecule has 1 aliphatic rings. The van der Waals surface area contributed by atoms with Gasteiger partial charge in [-0.05, 0) is 33.5 Å². The van der Waals surface area contributed by atoms with Gasteiger partial charge in [-0.15, -0.1) is 0 Å². The van der Waals surface area contributed by atoms with Crippen molar-refractivity contribution in [3.63, 3.8) is 0 Å². The second kappa shape index (κ2) is 6.72. The van der Waals surface area contributed by atoms with Gasteiger partial charge in [-0.2, -0.15) is 5.10 Å². The summed E-state index contributed by atoms with van der Waals surface area (Å²) in [5.41, 5.74) is 1.90. The average Bonchev–Trinajstić information content (AvgIpc) is 3.09. The van der Waals surface area contributed by atoms with Gasteiger partial charge in [-0.25, -0.2) is 13.4 Å². The first-order chi connectivity index (χ1) is 11.8. The second-order valence-electron chi connectivity index (χ2n) is 6.79. The maximum Gasteiger partial charge on any atom is 0.272 e. The van der Waals surface area contributed by atoms with E-state index in [2.05, 4.69) is 15.2 Å². The molecular formula is C16H23N5O3S. The Bertz CT molecular complexity index is 890. The number of aryl methyl sites for hydroxylation is 1. The first-order valence-electron chi connectivity index (χ1n) is 8.24. The Balaban J connectivity index is 1.90. The lowest BCUT2D eigenvalue weighted by molar-refractivity contribution is 0.0678. The van der Waals surface area contributed by atoms with Crippen LogP contribution >= 0.6 is 0 Å². The van der Waals surface area contributed by atoms with Gasteiger partial charge in [0.15, 0.2) is 9.84 Å². The zero-order valence-electron chi connectivity index (χ0n) is 14.7. The highest BCUT2D eigenvalue weighted by atomic mass is 32.2. The SMILES string of the molecule is Cc1[nH]nc2cnc(C(=O)N(CCN(C)C)C3CCS(=O)(=O)C3)cc12. The van der Waals surface area contributed by atoms with Gasteiger partial charge >= 0.3 is 0 Å². The molecule has 0 saturated carbocycles. The number of amides is 1. The number of sulfone groups is 1. The van der Waals surface area contributed by atoms with Crippen molar-refractivity contribution in [2.75, 3.05) is 38.7 Å². The van der Waals surface area contributed by atoms with Crippen LogP contribution in [0, 0.1) is 6.92 Å². The molecule has 9 heteroatoms. The fourth-order valence-corrected chi connectivity index (χ4v) is 4.82. The highest BCUT2D eigenvalue weighted by Crippen LogP contribution is 2.21. The Labute approximate surface area is 147 Å². The minimum atomic E-state index is -3.07. The Kier molecular flexibility index (Phi) is 4.79. The summed E-state index contributed by atoms with van der Waals surface area (Å²) < 4.78 is 23.7. The summed E-state index contributed by atoms with van der Waals surface area (Å²) in [6.07, 6.45) is 2.05. The van der Waals surface area contributed by atoms with E-state index in [-0.39, 0.29) is 23.5 Å². The zero-order chi connectivity index (χ0) is 18.2. The van der Waals surface area contributed by atoms with Crippen molar-refractivity contribution in [2.24, 2.45) is 0 Å². The van der Waals surface area contributed by atoms with E-state index >= 15 is 0 Å². The number of nitrogens with zero attached hydrogens (tertiary/aromatic N) is 4. The van der Waals surface area contributed by atoms with E-state index in [0.717, 1.165) is 11.1 Å². The van der Waals surface area contributed by atoms with Gasteiger partial charge in [0.1, 0.15) is 11.2 Å². The number of fused-ring (bicyclic) bond motifs is 1. The van der Waals surface area contributed by atoms with Crippen molar-refractivity contribution >= 4 is 26.6 Å². The number of carbonyl (C=O) groups is 1. The monoisotopic (exact) mass is 365 g/mol. The third-order valence-electron chi connectivity index (χ3n) is 4.55. The van der Waals surface area contributed by atoms with Crippen LogP contribution in [0.25, 0.3) is 10.9 Å². The smallest absolute Gasteiger partial charge is 0.272 e. The lowest BCUT2D eigenvalue weighted by Gasteiger charge is -2.29. The third-order valence-corrected chi connectivity index (χ3v) is 6.30. The van der Waals surface area contributed by atoms with Crippen molar-refractivity contribution in [1.29, 1.82) is 0 Å². The summed E-state index contributed by atoms with van der Waals surface area (Å²) in [6, 6.07) is 1.43. The van der Waals surface area contributed by atoms with Crippen LogP contribution < -0.4 is 0 Å². The topological polar surface area (TPSA) is 99.3 Å². The number of likely N-dealkylation sites (N-methyl/N-ethyl adjacent to an activating group) is 1. The van der Waals surface area contributed by atoms with Crippen molar-refractivity contribution in [1.82, 2.24) is 25.0 Å². The summed E-state index contributed by atoms with van der Waals surface area (Å²) in [5, 5.41) is 7.85. The number of nitrogens with one attached hydrogen (secondary N) is 1. The van der Waals surface area contributed by atoms with Crippen molar-refractivity contribution in [3.8, 4) is 0 Å². The van der Waals surface area contributed by atoms with Crippen molar-refractivity contribution in [2.45, 2.75) is 19.4 Å². The Morgan fingerprint density at radius 1 is 1.36 bits per heavy atom. The van der Waals surface area contributed by atoms with E-state index < -0.39 is 9.84 Å². The van der Waals surface area contributed by atoms with Crippen LogP contribution in [0.1, 0.15) is 22.6 Å². The van der Waals surface area contributed by atoms with Crippen LogP contribution in [0.5, 0.6) is 0 Å². The lowest BCUT2D eigenvalue weighted by Crippen LogP contribution is -2.44. The Morgan fingerprint density at radius 3 is 2.76 bits per heavy atom. The summed E-state index contributed by atoms with van der Waals surface area (Å²) in [4.78, 5) is 20.9. The van der Waals surface area contributed by atoms with Crippen molar-refractivity contribution < 1.29 is 13.2 Å². The Morgan fingerprint density at radius 2 is 2.12 bits per heavy atom. The number of carbonyl (C=O) groups excluding carboxylic acids is 1. The molecule has 1 aliphatic heterocycles. The first-order valence-corrected chi connectivity index (χ1v) is 10.1. The average molecular weight is 365 g/mol. The highest BCUT2D eigenvalue weighted by molar-refractivity contribution is 7.91. The number of rotatable bonds is 5. The molecule has 1 amide bonds. The molecule has 3 heterocycles. The summed E-state index contributed by atoms with van der Waals surface area (Å²) in [5.74, 6) is -0.0676. The molecular weight excluding hydrogens is 342 g/mol. The van der Waals surface area contributed by atoms with E-state index in [1.54, 1.807) is 17.2 Å². The normalized spacial score (nSPS) is 19.6. The maximum absolute atomic E-state index is 13.1. The summed E-state index contributed by atoms with van der Waals surface area (Å²) in [6.45, 7) is 3.02. The second-order valence-corrected chi connectivity index (χ2v) is 9.02. The minimum absolute atomic E-state index is 0.0269. The van der Waals surface area contributed by atoms with E-state index in [0.29, 0.717) is 30.7 Å². The standard InChI is InChI=1S/C16H23N5O3S/c1-11-13-8-14(17-9-15(13)19-18-11)16(22)21(6-5-20(2)3)12-4-7-25(23,24)10-12/h8-9,12H,4-7,10H2,1-3H3,(H,18,19). The maximum atomic E-state index is 13.1. The van der Waals surface area contributed by atoms with Gasteiger partial charge in [-0.1, -0.05) is 0 Å². The van der Waals surface area contributed by atoms with E-state index in [1.807, 2.05) is 25.9 Å². The molecule has 3 rings (SSSR count). The van der Waals surface area contributed by atoms with Crippen LogP contribution in [0.15, 0.2) is 12.3 Å². The van der Waals surface area contributed by atoms with Crippen LogP contribution in [0.2, 0.25) is 0 Å². The van der Waals surface area contributed by atoms with Gasteiger partial charge < -0.3 is 9.80 Å². The molecule has 1 saturated heterocycles. The van der Waals surface area contributed by atoms with Gasteiger partial charge in [0.05, 0.1) is 17.7 Å². The molecule has 0 aromatic carbocycles. The Hall–Kier alpha value is -2.00. The van der Waals surface area contributed by atoms with E-state index in [4.69, 9.17) is 0 Å².